The molecule has 1 atom stereocenters. The fourth-order valence-electron chi connectivity index (χ4n) is 1.04. The molecule has 0 saturated heterocycles. The van der Waals surface area contributed by atoms with Crippen LogP contribution in [0, 0.1) is 0 Å². The molecule has 1 aromatic heterocycles. The fourth-order valence-corrected chi connectivity index (χ4v) is 2.52. The van der Waals surface area contributed by atoms with E-state index in [4.69, 9.17) is 5.73 Å². The number of ether oxygens (including phenoxy) is 1. The van der Waals surface area contributed by atoms with Crippen LogP contribution >= 0.6 is 27.3 Å². The summed E-state index contributed by atoms with van der Waals surface area (Å²) in [6.07, 6.45) is 0.993. The molecule has 0 aliphatic rings. The molecule has 0 bridgehead atoms. The number of rotatable bonds is 4. The van der Waals surface area contributed by atoms with Crippen LogP contribution in [-0.4, -0.2) is 13.1 Å². The Balaban J connectivity index is 2.42. The Morgan fingerprint density at radius 3 is 3.00 bits per heavy atom. The zero-order valence-electron chi connectivity index (χ0n) is 7.83. The largest absolute Gasteiger partial charge is 0.469 e. The molecule has 14 heavy (non-hydrogen) atoms. The summed E-state index contributed by atoms with van der Waals surface area (Å²) in [5, 5.41) is 1.98. The summed E-state index contributed by atoms with van der Waals surface area (Å²) in [4.78, 5) is 12.0. The summed E-state index contributed by atoms with van der Waals surface area (Å²) in [5.41, 5.74) is 5.89. The minimum Gasteiger partial charge on any atom is -0.469 e. The zero-order valence-corrected chi connectivity index (χ0v) is 10.2. The van der Waals surface area contributed by atoms with Gasteiger partial charge in [0.1, 0.15) is 0 Å². The van der Waals surface area contributed by atoms with Crippen LogP contribution in [0.3, 0.4) is 0 Å². The molecular weight excluding hydrogens is 266 g/mol. The topological polar surface area (TPSA) is 52.3 Å². The summed E-state index contributed by atoms with van der Waals surface area (Å²) in [6, 6.07) is 1.90. The molecule has 0 aliphatic carbocycles. The Morgan fingerprint density at radius 1 is 1.79 bits per heavy atom. The average molecular weight is 278 g/mol. The lowest BCUT2D eigenvalue weighted by molar-refractivity contribution is -0.140. The first-order chi connectivity index (χ1) is 6.63. The van der Waals surface area contributed by atoms with Gasteiger partial charge in [-0.3, -0.25) is 4.79 Å². The van der Waals surface area contributed by atoms with Gasteiger partial charge in [0.25, 0.3) is 0 Å². The minimum absolute atomic E-state index is 0.0783. The Morgan fingerprint density at radius 2 is 2.50 bits per heavy atom. The molecule has 0 amide bonds. The Bertz CT molecular complexity index is 314. The van der Waals surface area contributed by atoms with Gasteiger partial charge in [0, 0.05) is 27.2 Å². The third-order valence-corrected chi connectivity index (χ3v) is 3.67. The number of hydrogen-bond donors (Lipinski definition) is 1. The van der Waals surface area contributed by atoms with E-state index in [2.05, 4.69) is 20.7 Å². The highest BCUT2D eigenvalue weighted by Crippen LogP contribution is 2.26. The summed E-state index contributed by atoms with van der Waals surface area (Å²) < 4.78 is 5.57. The molecule has 1 unspecified atom stereocenters. The van der Waals surface area contributed by atoms with Gasteiger partial charge in [0.15, 0.2) is 0 Å². The van der Waals surface area contributed by atoms with Crippen LogP contribution in [-0.2, 0) is 9.53 Å². The van der Waals surface area contributed by atoms with Crippen molar-refractivity contribution in [2.45, 2.75) is 18.9 Å². The van der Waals surface area contributed by atoms with Crippen molar-refractivity contribution in [3.05, 3.63) is 20.8 Å². The van der Waals surface area contributed by atoms with E-state index >= 15 is 0 Å². The molecule has 0 saturated carbocycles. The van der Waals surface area contributed by atoms with Gasteiger partial charge in [0.2, 0.25) is 0 Å². The van der Waals surface area contributed by atoms with Gasteiger partial charge < -0.3 is 10.5 Å². The summed E-state index contributed by atoms with van der Waals surface area (Å²) >= 11 is 4.95. The highest BCUT2D eigenvalue weighted by Gasteiger charge is 2.10. The summed E-state index contributed by atoms with van der Waals surface area (Å²) in [5.74, 6) is -0.212. The minimum atomic E-state index is -0.212. The van der Waals surface area contributed by atoms with Crippen molar-refractivity contribution in [1.29, 1.82) is 0 Å². The quantitative estimate of drug-likeness (QED) is 0.861. The van der Waals surface area contributed by atoms with Gasteiger partial charge in [0.05, 0.1) is 7.11 Å². The Kier molecular flexibility index (Phi) is 4.57. The lowest BCUT2D eigenvalue weighted by Gasteiger charge is -2.07. The first-order valence-corrected chi connectivity index (χ1v) is 5.87. The van der Waals surface area contributed by atoms with Gasteiger partial charge in [-0.2, -0.15) is 0 Å². The second kappa shape index (κ2) is 5.48. The van der Waals surface area contributed by atoms with Crippen LogP contribution in [0.15, 0.2) is 15.9 Å². The zero-order chi connectivity index (χ0) is 10.6. The molecule has 5 heteroatoms. The molecule has 3 nitrogen and oxygen atoms in total. The van der Waals surface area contributed by atoms with Crippen molar-refractivity contribution in [3.63, 3.8) is 0 Å². The fraction of sp³-hybridized carbons (Fsp3) is 0.444. The molecule has 0 aromatic carbocycles. The van der Waals surface area contributed by atoms with Crippen molar-refractivity contribution >= 4 is 33.2 Å². The standard InChI is InChI=1S/C9H12BrNO2S/c1-13-9(12)3-2-7(11)8-4-6(10)5-14-8/h4-5,7H,2-3,11H2,1H3. The second-order valence-electron chi connectivity index (χ2n) is 2.89. The maximum atomic E-state index is 10.9. The smallest absolute Gasteiger partial charge is 0.305 e. The highest BCUT2D eigenvalue weighted by atomic mass is 79.9. The van der Waals surface area contributed by atoms with Gasteiger partial charge in [-0.15, -0.1) is 11.3 Å². The number of esters is 1. The van der Waals surface area contributed by atoms with Crippen molar-refractivity contribution in [3.8, 4) is 0 Å². The number of carbonyl (C=O) groups is 1. The van der Waals surface area contributed by atoms with Crippen LogP contribution in [0.4, 0.5) is 0 Å². The van der Waals surface area contributed by atoms with Crippen molar-refractivity contribution < 1.29 is 9.53 Å². The second-order valence-corrected chi connectivity index (χ2v) is 4.75. The van der Waals surface area contributed by atoms with Crippen molar-refractivity contribution in [2.24, 2.45) is 5.73 Å². The predicted octanol–water partition coefficient (Wildman–Crippen LogP) is 2.46. The number of halogens is 1. The van der Waals surface area contributed by atoms with Crippen molar-refractivity contribution in [2.75, 3.05) is 7.11 Å². The van der Waals surface area contributed by atoms with Crippen LogP contribution in [0.2, 0.25) is 0 Å². The molecular formula is C9H12BrNO2S. The van der Waals surface area contributed by atoms with Crippen LogP contribution < -0.4 is 5.73 Å². The third kappa shape index (κ3) is 3.40. The Labute approximate surface area is 95.4 Å². The van der Waals surface area contributed by atoms with E-state index in [1.165, 1.54) is 7.11 Å². The average Bonchev–Trinajstić information content (AvgIpc) is 2.60. The van der Waals surface area contributed by atoms with Crippen molar-refractivity contribution in [1.82, 2.24) is 0 Å². The molecule has 0 spiro atoms. The Hall–Kier alpha value is -0.390. The molecule has 0 radical (unpaired) electrons. The predicted molar refractivity (Wildman–Crippen MR) is 60.2 cm³/mol. The maximum absolute atomic E-state index is 10.9. The molecule has 1 aromatic rings. The molecule has 1 heterocycles. The third-order valence-electron chi connectivity index (χ3n) is 1.84. The number of nitrogens with two attached hydrogens (primary N) is 1. The molecule has 2 N–H and O–H groups in total. The monoisotopic (exact) mass is 277 g/mol. The van der Waals surface area contributed by atoms with E-state index < -0.39 is 0 Å². The van der Waals surface area contributed by atoms with Crippen LogP contribution in [0.5, 0.6) is 0 Å². The van der Waals surface area contributed by atoms with E-state index in [9.17, 15) is 4.79 Å². The highest BCUT2D eigenvalue weighted by molar-refractivity contribution is 9.10. The summed E-state index contributed by atoms with van der Waals surface area (Å²) in [7, 11) is 1.38. The molecule has 0 aliphatic heterocycles. The first kappa shape index (κ1) is 11.7. The maximum Gasteiger partial charge on any atom is 0.305 e. The number of thiophene rings is 1. The lowest BCUT2D eigenvalue weighted by Crippen LogP contribution is -2.11. The lowest BCUT2D eigenvalue weighted by atomic mass is 10.1. The van der Waals surface area contributed by atoms with Gasteiger partial charge in [-0.25, -0.2) is 0 Å². The van der Waals surface area contributed by atoms with Gasteiger partial charge in [-0.05, 0) is 28.4 Å². The van der Waals surface area contributed by atoms with E-state index in [0.29, 0.717) is 12.8 Å². The molecule has 0 fully saturated rings. The normalized spacial score (nSPS) is 12.5. The van der Waals surface area contributed by atoms with E-state index in [-0.39, 0.29) is 12.0 Å². The number of methoxy groups -OCH3 is 1. The van der Waals surface area contributed by atoms with E-state index in [0.717, 1.165) is 9.35 Å². The summed E-state index contributed by atoms with van der Waals surface area (Å²) in [6.45, 7) is 0. The van der Waals surface area contributed by atoms with Crippen LogP contribution in [0.25, 0.3) is 0 Å². The first-order valence-electron chi connectivity index (χ1n) is 4.20. The van der Waals surface area contributed by atoms with Gasteiger partial charge in [-0.1, -0.05) is 0 Å². The van der Waals surface area contributed by atoms with E-state index in [1.54, 1.807) is 11.3 Å². The number of hydrogen-bond acceptors (Lipinski definition) is 4. The van der Waals surface area contributed by atoms with Crippen LogP contribution in [0.1, 0.15) is 23.8 Å². The number of carbonyl (C=O) groups excluding carboxylic acids is 1. The molecule has 1 rings (SSSR count). The SMILES string of the molecule is COC(=O)CCC(N)c1cc(Br)cs1. The van der Waals surface area contributed by atoms with Gasteiger partial charge >= 0.3 is 5.97 Å². The van der Waals surface area contributed by atoms with E-state index in [1.807, 2.05) is 11.4 Å². The molecule has 78 valence electrons.